The number of urea groups is 1. The van der Waals surface area contributed by atoms with Gasteiger partial charge in [-0.1, -0.05) is 42.5 Å². The van der Waals surface area contributed by atoms with Gasteiger partial charge in [-0.15, -0.1) is 0 Å². The van der Waals surface area contributed by atoms with Gasteiger partial charge in [-0.2, -0.15) is 0 Å². The summed E-state index contributed by atoms with van der Waals surface area (Å²) < 4.78 is 5.79. The van der Waals surface area contributed by atoms with Crippen LogP contribution in [-0.2, 0) is 6.54 Å². The van der Waals surface area contributed by atoms with Gasteiger partial charge in [0.1, 0.15) is 12.4 Å². The Balaban J connectivity index is 1.84. The first-order valence-electron chi connectivity index (χ1n) is 8.76. The second-order valence-corrected chi connectivity index (χ2v) is 6.49. The van der Waals surface area contributed by atoms with Crippen molar-refractivity contribution in [1.82, 2.24) is 10.2 Å². The summed E-state index contributed by atoms with van der Waals surface area (Å²) in [6.45, 7) is 9.68. The summed E-state index contributed by atoms with van der Waals surface area (Å²) in [4.78, 5) is 14.3. The fourth-order valence-electron chi connectivity index (χ4n) is 2.57. The first-order chi connectivity index (χ1) is 12.0. The third kappa shape index (κ3) is 5.52. The van der Waals surface area contributed by atoms with Crippen molar-refractivity contribution in [2.75, 3.05) is 13.2 Å². The first-order valence-corrected chi connectivity index (χ1v) is 8.76. The van der Waals surface area contributed by atoms with Crippen molar-refractivity contribution in [2.45, 2.75) is 40.3 Å². The Morgan fingerprint density at radius 2 is 1.80 bits per heavy atom. The van der Waals surface area contributed by atoms with Crippen LogP contribution in [0, 0.1) is 13.8 Å². The molecular formula is C21H28N2O2. The number of ether oxygens (including phenoxy) is 1. The fraction of sp³-hybridized carbons (Fsp3) is 0.381. The molecule has 4 heteroatoms. The SMILES string of the molecule is Cc1cccc(OCCNC(=O)N(Cc2ccccc2)C(C)C)c1C. The number of amides is 2. The average Bonchev–Trinajstić information content (AvgIpc) is 2.60. The van der Waals surface area contributed by atoms with Crippen LogP contribution in [0.5, 0.6) is 5.75 Å². The van der Waals surface area contributed by atoms with Gasteiger partial charge in [0.2, 0.25) is 0 Å². The number of hydrogen-bond acceptors (Lipinski definition) is 2. The average molecular weight is 340 g/mol. The number of nitrogens with one attached hydrogen (secondary N) is 1. The Morgan fingerprint density at radius 1 is 1.08 bits per heavy atom. The number of benzene rings is 2. The maximum Gasteiger partial charge on any atom is 0.318 e. The minimum Gasteiger partial charge on any atom is -0.491 e. The van der Waals surface area contributed by atoms with Gasteiger partial charge in [0.25, 0.3) is 0 Å². The minimum absolute atomic E-state index is 0.0663. The number of hydrogen-bond donors (Lipinski definition) is 1. The molecule has 2 aromatic carbocycles. The molecule has 0 bridgehead atoms. The molecule has 0 spiro atoms. The van der Waals surface area contributed by atoms with Crippen molar-refractivity contribution in [1.29, 1.82) is 0 Å². The molecule has 2 aromatic rings. The van der Waals surface area contributed by atoms with Gasteiger partial charge < -0.3 is 15.0 Å². The van der Waals surface area contributed by atoms with Crippen LogP contribution in [0.15, 0.2) is 48.5 Å². The molecule has 0 unspecified atom stereocenters. The molecule has 0 aliphatic carbocycles. The summed E-state index contributed by atoms with van der Waals surface area (Å²) in [7, 11) is 0. The van der Waals surface area contributed by atoms with Crippen molar-refractivity contribution >= 4 is 6.03 Å². The van der Waals surface area contributed by atoms with Gasteiger partial charge >= 0.3 is 6.03 Å². The Bertz CT molecular complexity index is 684. The molecule has 1 N–H and O–H groups in total. The molecule has 25 heavy (non-hydrogen) atoms. The molecule has 0 fully saturated rings. The number of carbonyl (C=O) groups is 1. The standard InChI is InChI=1S/C21H28N2O2/c1-16(2)23(15-19-10-6-5-7-11-19)21(24)22-13-14-25-20-12-8-9-17(3)18(20)4/h5-12,16H,13-15H2,1-4H3,(H,22,24). The van der Waals surface area contributed by atoms with Crippen molar-refractivity contribution in [3.63, 3.8) is 0 Å². The summed E-state index contributed by atoms with van der Waals surface area (Å²) in [5, 5.41) is 2.95. The quantitative estimate of drug-likeness (QED) is 0.764. The Hall–Kier alpha value is -2.49. The summed E-state index contributed by atoms with van der Waals surface area (Å²) in [6, 6.07) is 16.1. The lowest BCUT2D eigenvalue weighted by Gasteiger charge is -2.27. The van der Waals surface area contributed by atoms with E-state index >= 15 is 0 Å². The maximum absolute atomic E-state index is 12.5. The fourth-order valence-corrected chi connectivity index (χ4v) is 2.57. The molecule has 0 atom stereocenters. The molecule has 0 aliphatic heterocycles. The van der Waals surface area contributed by atoms with Gasteiger partial charge in [0.05, 0.1) is 6.54 Å². The number of rotatable bonds is 7. The third-order valence-electron chi connectivity index (χ3n) is 4.27. The maximum atomic E-state index is 12.5. The van der Waals surface area contributed by atoms with Crippen LogP contribution in [-0.4, -0.2) is 30.1 Å². The van der Waals surface area contributed by atoms with Crippen molar-refractivity contribution in [3.05, 3.63) is 65.2 Å². The molecule has 4 nitrogen and oxygen atoms in total. The largest absolute Gasteiger partial charge is 0.491 e. The van der Waals surface area contributed by atoms with Crippen molar-refractivity contribution in [3.8, 4) is 5.75 Å². The molecule has 0 saturated heterocycles. The van der Waals surface area contributed by atoms with E-state index in [2.05, 4.69) is 18.3 Å². The number of nitrogens with zero attached hydrogens (tertiary/aromatic N) is 1. The smallest absolute Gasteiger partial charge is 0.318 e. The lowest BCUT2D eigenvalue weighted by molar-refractivity contribution is 0.177. The van der Waals surface area contributed by atoms with Gasteiger partial charge in [-0.3, -0.25) is 0 Å². The van der Waals surface area contributed by atoms with E-state index in [-0.39, 0.29) is 12.1 Å². The number of aryl methyl sites for hydroxylation is 1. The highest BCUT2D eigenvalue weighted by molar-refractivity contribution is 5.74. The zero-order valence-electron chi connectivity index (χ0n) is 15.6. The van der Waals surface area contributed by atoms with E-state index in [0.717, 1.165) is 16.9 Å². The van der Waals surface area contributed by atoms with E-state index in [1.54, 1.807) is 0 Å². The topological polar surface area (TPSA) is 41.6 Å². The molecule has 0 aromatic heterocycles. The van der Waals surface area contributed by atoms with E-state index < -0.39 is 0 Å². The lowest BCUT2D eigenvalue weighted by Crippen LogP contribution is -2.44. The van der Waals surface area contributed by atoms with E-state index in [4.69, 9.17) is 4.74 Å². The molecule has 0 radical (unpaired) electrons. The summed E-state index contributed by atoms with van der Waals surface area (Å²) in [6.07, 6.45) is 0. The predicted octanol–water partition coefficient (Wildman–Crippen LogP) is 4.30. The van der Waals surface area contributed by atoms with Crippen LogP contribution in [0.25, 0.3) is 0 Å². The molecule has 0 heterocycles. The first kappa shape index (κ1) is 18.8. The summed E-state index contributed by atoms with van der Waals surface area (Å²) in [5.41, 5.74) is 3.47. The second kappa shape index (κ2) is 9.11. The molecular weight excluding hydrogens is 312 g/mol. The molecule has 0 saturated carbocycles. The summed E-state index contributed by atoms with van der Waals surface area (Å²) >= 11 is 0. The molecule has 2 rings (SSSR count). The van der Waals surface area contributed by atoms with Crippen molar-refractivity contribution < 1.29 is 9.53 Å². The second-order valence-electron chi connectivity index (χ2n) is 6.49. The Morgan fingerprint density at radius 3 is 2.48 bits per heavy atom. The van der Waals surface area contributed by atoms with E-state index in [0.29, 0.717) is 19.7 Å². The van der Waals surface area contributed by atoms with E-state index in [1.807, 2.05) is 68.1 Å². The summed E-state index contributed by atoms with van der Waals surface area (Å²) in [5.74, 6) is 0.874. The van der Waals surface area contributed by atoms with Gasteiger partial charge in [-0.05, 0) is 50.5 Å². The number of carbonyl (C=O) groups excluding carboxylic acids is 1. The normalized spacial score (nSPS) is 10.6. The third-order valence-corrected chi connectivity index (χ3v) is 4.27. The predicted molar refractivity (Wildman–Crippen MR) is 102 cm³/mol. The monoisotopic (exact) mass is 340 g/mol. The molecule has 0 aliphatic rings. The highest BCUT2D eigenvalue weighted by Gasteiger charge is 2.16. The van der Waals surface area contributed by atoms with Crippen LogP contribution in [0.3, 0.4) is 0 Å². The molecule has 134 valence electrons. The minimum atomic E-state index is -0.0663. The van der Waals surface area contributed by atoms with E-state index in [1.165, 1.54) is 5.56 Å². The Kier molecular flexibility index (Phi) is 6.87. The molecule has 2 amide bonds. The van der Waals surface area contributed by atoms with Crippen LogP contribution < -0.4 is 10.1 Å². The Labute approximate surface area is 150 Å². The van der Waals surface area contributed by atoms with Crippen LogP contribution in [0.4, 0.5) is 4.79 Å². The zero-order chi connectivity index (χ0) is 18.2. The van der Waals surface area contributed by atoms with E-state index in [9.17, 15) is 4.79 Å². The lowest BCUT2D eigenvalue weighted by atomic mass is 10.1. The zero-order valence-corrected chi connectivity index (χ0v) is 15.6. The van der Waals surface area contributed by atoms with Gasteiger partial charge in [-0.25, -0.2) is 4.79 Å². The van der Waals surface area contributed by atoms with Gasteiger partial charge in [0, 0.05) is 12.6 Å². The highest BCUT2D eigenvalue weighted by Crippen LogP contribution is 2.20. The van der Waals surface area contributed by atoms with Crippen LogP contribution in [0.1, 0.15) is 30.5 Å². The van der Waals surface area contributed by atoms with Crippen LogP contribution in [0.2, 0.25) is 0 Å². The van der Waals surface area contributed by atoms with Gasteiger partial charge in [0.15, 0.2) is 0 Å². The highest BCUT2D eigenvalue weighted by atomic mass is 16.5. The van der Waals surface area contributed by atoms with Crippen LogP contribution >= 0.6 is 0 Å². The van der Waals surface area contributed by atoms with Crippen molar-refractivity contribution in [2.24, 2.45) is 0 Å².